The van der Waals surface area contributed by atoms with Gasteiger partial charge in [0, 0.05) is 30.4 Å². The summed E-state index contributed by atoms with van der Waals surface area (Å²) in [5, 5.41) is 16.3. The molecule has 0 saturated heterocycles. The minimum Gasteiger partial charge on any atom is -0.492 e. The van der Waals surface area contributed by atoms with E-state index < -0.39 is 12.1 Å². The number of carbonyl (C=O) groups is 2. The summed E-state index contributed by atoms with van der Waals surface area (Å²) in [6.45, 7) is 3.28. The summed E-state index contributed by atoms with van der Waals surface area (Å²) in [5.41, 5.74) is 1.75. The second-order valence-electron chi connectivity index (χ2n) is 7.20. The Labute approximate surface area is 205 Å². The molecule has 192 valence electrons. The number of halogens is 3. The largest absolute Gasteiger partial charge is 0.492 e. The number of ether oxygens (including phenoxy) is 1. The predicted molar refractivity (Wildman–Crippen MR) is 128 cm³/mol. The number of para-hydroxylation sites is 2. The van der Waals surface area contributed by atoms with Crippen molar-refractivity contribution in [3.05, 3.63) is 72.4 Å². The minimum absolute atomic E-state index is 0.0393. The van der Waals surface area contributed by atoms with Crippen LogP contribution >= 0.6 is 0 Å². The lowest BCUT2D eigenvalue weighted by molar-refractivity contribution is -0.192. The number of hydrogen-bond acceptors (Lipinski definition) is 7. The number of aryl methyl sites for hydroxylation is 1. The highest BCUT2D eigenvalue weighted by Gasteiger charge is 2.38. The summed E-state index contributed by atoms with van der Waals surface area (Å²) in [6, 6.07) is 21.1. The molecule has 0 aliphatic heterocycles. The Bertz CT molecular complexity index is 1100. The summed E-state index contributed by atoms with van der Waals surface area (Å²) in [6.07, 6.45) is -4.74. The molecule has 1 aromatic heterocycles. The molecule has 1 amide bonds. The van der Waals surface area contributed by atoms with Crippen LogP contribution in [0.5, 0.6) is 5.75 Å². The van der Waals surface area contributed by atoms with Crippen LogP contribution in [-0.4, -0.2) is 52.8 Å². The molecule has 0 unspecified atom stereocenters. The zero-order chi connectivity index (χ0) is 26.4. The lowest BCUT2D eigenvalue weighted by Gasteiger charge is -2.10. The van der Waals surface area contributed by atoms with E-state index in [4.69, 9.17) is 14.6 Å². The molecule has 1 heterocycles. The smallest absolute Gasteiger partial charge is 0.490 e. The molecule has 9 nitrogen and oxygen atoms in total. The molecule has 0 atom stereocenters. The quantitative estimate of drug-likeness (QED) is 0.303. The highest BCUT2D eigenvalue weighted by molar-refractivity contribution is 5.76. The molecule has 36 heavy (non-hydrogen) atoms. The van der Waals surface area contributed by atoms with Gasteiger partial charge >= 0.3 is 12.1 Å². The average molecular weight is 505 g/mol. The van der Waals surface area contributed by atoms with Gasteiger partial charge in [-0.1, -0.05) is 36.4 Å². The molecule has 3 rings (SSSR count). The van der Waals surface area contributed by atoms with E-state index in [2.05, 4.69) is 25.9 Å². The first-order valence-electron chi connectivity index (χ1n) is 10.8. The van der Waals surface area contributed by atoms with Crippen molar-refractivity contribution >= 4 is 29.3 Å². The van der Waals surface area contributed by atoms with Crippen molar-refractivity contribution in [1.29, 1.82) is 0 Å². The van der Waals surface area contributed by atoms with Crippen molar-refractivity contribution in [3.8, 4) is 5.75 Å². The van der Waals surface area contributed by atoms with Crippen LogP contribution in [0.1, 0.15) is 12.1 Å². The van der Waals surface area contributed by atoms with Gasteiger partial charge < -0.3 is 25.8 Å². The van der Waals surface area contributed by atoms with Gasteiger partial charge in [-0.15, -0.1) is 0 Å². The van der Waals surface area contributed by atoms with Crippen LogP contribution < -0.4 is 20.7 Å². The Morgan fingerprint density at radius 3 is 2.19 bits per heavy atom. The maximum atomic E-state index is 12.0. The van der Waals surface area contributed by atoms with E-state index in [-0.39, 0.29) is 5.91 Å². The third-order valence-electron chi connectivity index (χ3n) is 4.22. The number of nitrogens with one attached hydrogen (secondary N) is 3. The molecule has 0 radical (unpaired) electrons. The second kappa shape index (κ2) is 14.1. The number of carboxylic acid groups (broad SMARTS) is 1. The SMILES string of the molecule is Cc1cc(NCCC(=O)NCCOc2ccccc2)nc(Nc2ccccc2)n1.O=C(O)C(F)(F)F. The molecule has 0 bridgehead atoms. The Balaban J connectivity index is 0.000000572. The van der Waals surface area contributed by atoms with Crippen LogP contribution in [0.15, 0.2) is 66.7 Å². The monoisotopic (exact) mass is 505 g/mol. The van der Waals surface area contributed by atoms with E-state index >= 15 is 0 Å². The van der Waals surface area contributed by atoms with Crippen molar-refractivity contribution in [2.24, 2.45) is 0 Å². The van der Waals surface area contributed by atoms with Gasteiger partial charge in [0.2, 0.25) is 11.9 Å². The number of anilines is 3. The van der Waals surface area contributed by atoms with Gasteiger partial charge in [-0.3, -0.25) is 4.79 Å². The van der Waals surface area contributed by atoms with Crippen LogP contribution in [0.4, 0.5) is 30.6 Å². The molecule has 0 saturated carbocycles. The number of hydrogen-bond donors (Lipinski definition) is 4. The fraction of sp³-hybridized carbons (Fsp3) is 0.250. The number of carboxylic acids is 1. The van der Waals surface area contributed by atoms with E-state index in [0.29, 0.717) is 37.9 Å². The van der Waals surface area contributed by atoms with Gasteiger partial charge in [-0.25, -0.2) is 9.78 Å². The zero-order valence-corrected chi connectivity index (χ0v) is 19.4. The standard InChI is InChI=1S/C22H25N5O2.C2HF3O2/c1-17-16-20(27-22(25-17)26-18-8-4-2-5-9-18)23-13-12-21(28)24-14-15-29-19-10-6-3-7-11-19;3-2(4,5)1(6)7/h2-11,16H,12-15H2,1H3,(H,24,28)(H2,23,25,26,27);(H,6,7). The summed E-state index contributed by atoms with van der Waals surface area (Å²) < 4.78 is 37.3. The molecule has 4 N–H and O–H groups in total. The topological polar surface area (TPSA) is 125 Å². The number of aromatic nitrogens is 2. The first-order valence-corrected chi connectivity index (χ1v) is 10.8. The fourth-order valence-electron chi connectivity index (χ4n) is 2.63. The van der Waals surface area contributed by atoms with Gasteiger partial charge in [-0.2, -0.15) is 18.2 Å². The number of aliphatic carboxylic acids is 1. The van der Waals surface area contributed by atoms with Gasteiger partial charge in [0.05, 0.1) is 6.54 Å². The van der Waals surface area contributed by atoms with Crippen molar-refractivity contribution < 1.29 is 32.6 Å². The van der Waals surface area contributed by atoms with Crippen LogP contribution in [0.3, 0.4) is 0 Å². The molecule has 0 aliphatic rings. The Morgan fingerprint density at radius 2 is 1.58 bits per heavy atom. The molecule has 0 aliphatic carbocycles. The fourth-order valence-corrected chi connectivity index (χ4v) is 2.63. The molecule has 3 aromatic rings. The molecule has 12 heteroatoms. The van der Waals surface area contributed by atoms with Gasteiger partial charge in [0.15, 0.2) is 0 Å². The summed E-state index contributed by atoms with van der Waals surface area (Å²) in [5.74, 6) is -0.810. The molecular formula is C24H26F3N5O4. The number of rotatable bonds is 10. The third-order valence-corrected chi connectivity index (χ3v) is 4.22. The normalized spacial score (nSPS) is 10.4. The van der Waals surface area contributed by atoms with Crippen LogP contribution in [0, 0.1) is 6.92 Å². The van der Waals surface area contributed by atoms with Crippen LogP contribution in [-0.2, 0) is 9.59 Å². The van der Waals surface area contributed by atoms with E-state index in [0.717, 1.165) is 17.1 Å². The highest BCUT2D eigenvalue weighted by Crippen LogP contribution is 2.15. The molecule has 0 fully saturated rings. The first-order chi connectivity index (χ1) is 17.1. The van der Waals surface area contributed by atoms with E-state index in [1.165, 1.54) is 0 Å². The van der Waals surface area contributed by atoms with E-state index in [9.17, 15) is 18.0 Å². The number of alkyl halides is 3. The average Bonchev–Trinajstić information content (AvgIpc) is 2.83. The van der Waals surface area contributed by atoms with Crippen molar-refractivity contribution in [2.75, 3.05) is 30.3 Å². The summed E-state index contributed by atoms with van der Waals surface area (Å²) in [7, 11) is 0. The van der Waals surface area contributed by atoms with Crippen LogP contribution in [0.2, 0.25) is 0 Å². The first kappa shape index (κ1) is 27.9. The van der Waals surface area contributed by atoms with Gasteiger partial charge in [0.25, 0.3) is 0 Å². The highest BCUT2D eigenvalue weighted by atomic mass is 19.4. The second-order valence-corrected chi connectivity index (χ2v) is 7.20. The Morgan fingerprint density at radius 1 is 0.972 bits per heavy atom. The number of nitrogens with zero attached hydrogens (tertiary/aromatic N) is 2. The molecule has 0 spiro atoms. The summed E-state index contributed by atoms with van der Waals surface area (Å²) >= 11 is 0. The number of carbonyl (C=O) groups excluding carboxylic acids is 1. The van der Waals surface area contributed by atoms with E-state index in [1.54, 1.807) is 0 Å². The van der Waals surface area contributed by atoms with Crippen molar-refractivity contribution in [1.82, 2.24) is 15.3 Å². The minimum atomic E-state index is -5.08. The maximum Gasteiger partial charge on any atom is 0.490 e. The summed E-state index contributed by atoms with van der Waals surface area (Å²) in [4.78, 5) is 29.7. The molecular weight excluding hydrogens is 479 g/mol. The Hall–Kier alpha value is -4.35. The lowest BCUT2D eigenvalue weighted by Crippen LogP contribution is -2.29. The van der Waals surface area contributed by atoms with Crippen molar-refractivity contribution in [2.45, 2.75) is 19.5 Å². The zero-order valence-electron chi connectivity index (χ0n) is 19.4. The molecule has 2 aromatic carbocycles. The number of benzene rings is 2. The van der Waals surface area contributed by atoms with Gasteiger partial charge in [-0.05, 0) is 31.2 Å². The van der Waals surface area contributed by atoms with Crippen molar-refractivity contribution in [3.63, 3.8) is 0 Å². The predicted octanol–water partition coefficient (Wildman–Crippen LogP) is 4.16. The van der Waals surface area contributed by atoms with Gasteiger partial charge in [0.1, 0.15) is 18.2 Å². The lowest BCUT2D eigenvalue weighted by atomic mass is 10.3. The maximum absolute atomic E-state index is 12.0. The number of amides is 1. The van der Waals surface area contributed by atoms with E-state index in [1.807, 2.05) is 73.7 Å². The Kier molecular flexibility index (Phi) is 11.0. The van der Waals surface area contributed by atoms with Crippen LogP contribution in [0.25, 0.3) is 0 Å². The third kappa shape index (κ3) is 11.2.